The first-order valence-corrected chi connectivity index (χ1v) is 7.40. The van der Waals surface area contributed by atoms with E-state index in [1.807, 2.05) is 43.3 Å². The maximum Gasteiger partial charge on any atom is 0.163 e. The lowest BCUT2D eigenvalue weighted by Gasteiger charge is -2.15. The Hall–Kier alpha value is -2.42. The number of aromatic nitrogens is 1. The number of aryl methyl sites for hydroxylation is 2. The van der Waals surface area contributed by atoms with Gasteiger partial charge in [0.15, 0.2) is 11.5 Å². The van der Waals surface area contributed by atoms with Crippen LogP contribution >= 0.6 is 0 Å². The van der Waals surface area contributed by atoms with Crippen molar-refractivity contribution in [3.05, 3.63) is 71.6 Å². The van der Waals surface area contributed by atoms with E-state index in [1.54, 1.807) is 13.1 Å². The van der Waals surface area contributed by atoms with Gasteiger partial charge in [0.1, 0.15) is 6.61 Å². The predicted octanol–water partition coefficient (Wildman–Crippen LogP) is 4.29. The van der Waals surface area contributed by atoms with Crippen LogP contribution in [-0.4, -0.2) is 10.8 Å². The predicted molar refractivity (Wildman–Crippen MR) is 88.3 cm³/mol. The van der Waals surface area contributed by atoms with Gasteiger partial charge in [-0.25, -0.2) is 0 Å². The molecule has 0 fully saturated rings. The summed E-state index contributed by atoms with van der Waals surface area (Å²) in [5.74, 6) is 0.602. The highest BCUT2D eigenvalue weighted by molar-refractivity contribution is 5.98. The first-order chi connectivity index (χ1) is 10.6. The number of carbonyl (C=O) groups is 1. The molecule has 0 bridgehead atoms. The minimum Gasteiger partial charge on any atom is -0.486 e. The molecule has 2 aromatic rings. The standard InChI is InChI=1S/C19H21NO2/c1-4-5-11-17-12-20-14(2)19(18(17)15(3)21)22-13-16-9-7-6-8-10-16/h4,6-10,12H,1,5,11,13H2,2-3H3. The number of carbonyl (C=O) groups excluding carboxylic acids is 1. The molecular weight excluding hydrogens is 274 g/mol. The van der Waals surface area contributed by atoms with Crippen molar-refractivity contribution in [2.75, 3.05) is 0 Å². The van der Waals surface area contributed by atoms with Crippen molar-refractivity contribution < 1.29 is 9.53 Å². The summed E-state index contributed by atoms with van der Waals surface area (Å²) in [7, 11) is 0. The Bertz CT molecular complexity index is 663. The van der Waals surface area contributed by atoms with E-state index in [4.69, 9.17) is 4.74 Å². The summed E-state index contributed by atoms with van der Waals surface area (Å²) in [6.07, 6.45) is 5.16. The Morgan fingerprint density at radius 2 is 2.05 bits per heavy atom. The summed E-state index contributed by atoms with van der Waals surface area (Å²) in [5.41, 5.74) is 3.36. The molecule has 0 aliphatic heterocycles. The Morgan fingerprint density at radius 3 is 2.68 bits per heavy atom. The molecule has 0 amide bonds. The molecule has 0 atom stereocenters. The highest BCUT2D eigenvalue weighted by Crippen LogP contribution is 2.27. The number of Topliss-reactive ketones (excluding diaryl/α,β-unsaturated/α-hetero) is 1. The molecule has 3 nitrogen and oxygen atoms in total. The minimum atomic E-state index is 0.00706. The van der Waals surface area contributed by atoms with Crippen LogP contribution in [0, 0.1) is 6.92 Å². The zero-order chi connectivity index (χ0) is 15.9. The van der Waals surface area contributed by atoms with Gasteiger partial charge < -0.3 is 4.74 Å². The van der Waals surface area contributed by atoms with Crippen LogP contribution in [0.2, 0.25) is 0 Å². The number of benzene rings is 1. The van der Waals surface area contributed by atoms with Gasteiger partial charge in [-0.1, -0.05) is 36.4 Å². The van der Waals surface area contributed by atoms with Crippen LogP contribution in [0.4, 0.5) is 0 Å². The lowest BCUT2D eigenvalue weighted by atomic mass is 10.0. The molecule has 0 aliphatic rings. The van der Waals surface area contributed by atoms with Crippen LogP contribution in [0.5, 0.6) is 5.75 Å². The topological polar surface area (TPSA) is 39.2 Å². The second-order valence-electron chi connectivity index (χ2n) is 5.23. The molecule has 0 N–H and O–H groups in total. The van der Waals surface area contributed by atoms with E-state index >= 15 is 0 Å². The van der Waals surface area contributed by atoms with Crippen molar-refractivity contribution in [3.8, 4) is 5.75 Å². The maximum atomic E-state index is 12.1. The van der Waals surface area contributed by atoms with Gasteiger partial charge in [0.2, 0.25) is 0 Å². The van der Waals surface area contributed by atoms with E-state index in [9.17, 15) is 4.79 Å². The Balaban J connectivity index is 2.31. The van der Waals surface area contributed by atoms with Crippen molar-refractivity contribution in [2.24, 2.45) is 0 Å². The molecule has 3 heteroatoms. The Kier molecular flexibility index (Phi) is 5.48. The van der Waals surface area contributed by atoms with Gasteiger partial charge in [-0.15, -0.1) is 6.58 Å². The van der Waals surface area contributed by atoms with Gasteiger partial charge in [0, 0.05) is 6.20 Å². The molecule has 0 radical (unpaired) electrons. The smallest absolute Gasteiger partial charge is 0.163 e. The Labute approximate surface area is 131 Å². The molecular formula is C19H21NO2. The zero-order valence-corrected chi connectivity index (χ0v) is 13.1. The quantitative estimate of drug-likeness (QED) is 0.565. The third kappa shape index (κ3) is 3.82. The third-order valence-electron chi connectivity index (χ3n) is 3.49. The normalized spacial score (nSPS) is 10.3. The summed E-state index contributed by atoms with van der Waals surface area (Å²) in [4.78, 5) is 16.5. The van der Waals surface area contributed by atoms with Gasteiger partial charge in [0.25, 0.3) is 0 Å². The molecule has 1 aromatic heterocycles. The monoisotopic (exact) mass is 295 g/mol. The van der Waals surface area contributed by atoms with Gasteiger partial charge in [0.05, 0.1) is 11.3 Å². The number of allylic oxidation sites excluding steroid dienone is 1. The molecule has 0 saturated carbocycles. The fourth-order valence-electron chi connectivity index (χ4n) is 2.36. The first kappa shape index (κ1) is 16.0. The van der Waals surface area contributed by atoms with Gasteiger partial charge >= 0.3 is 0 Å². The molecule has 2 rings (SSSR count). The van der Waals surface area contributed by atoms with E-state index in [2.05, 4.69) is 11.6 Å². The largest absolute Gasteiger partial charge is 0.486 e. The molecule has 1 heterocycles. The van der Waals surface area contributed by atoms with Crippen LogP contribution in [0.15, 0.2) is 49.2 Å². The highest BCUT2D eigenvalue weighted by atomic mass is 16.5. The van der Waals surface area contributed by atoms with Crippen molar-refractivity contribution in [2.45, 2.75) is 33.3 Å². The highest BCUT2D eigenvalue weighted by Gasteiger charge is 2.17. The number of ether oxygens (including phenoxy) is 1. The first-order valence-electron chi connectivity index (χ1n) is 7.40. The van der Waals surface area contributed by atoms with Crippen LogP contribution in [-0.2, 0) is 13.0 Å². The summed E-state index contributed by atoms with van der Waals surface area (Å²) < 4.78 is 5.93. The average Bonchev–Trinajstić information content (AvgIpc) is 2.53. The van der Waals surface area contributed by atoms with E-state index in [-0.39, 0.29) is 5.78 Å². The SMILES string of the molecule is C=CCCc1cnc(C)c(OCc2ccccc2)c1C(C)=O. The summed E-state index contributed by atoms with van der Waals surface area (Å²) >= 11 is 0. The number of nitrogens with zero attached hydrogens (tertiary/aromatic N) is 1. The van der Waals surface area contributed by atoms with Gasteiger partial charge in [-0.3, -0.25) is 9.78 Å². The minimum absolute atomic E-state index is 0.00706. The van der Waals surface area contributed by atoms with Crippen molar-refractivity contribution in [1.82, 2.24) is 4.98 Å². The van der Waals surface area contributed by atoms with Crippen LogP contribution in [0.25, 0.3) is 0 Å². The van der Waals surface area contributed by atoms with E-state index < -0.39 is 0 Å². The van der Waals surface area contributed by atoms with Crippen molar-refractivity contribution in [3.63, 3.8) is 0 Å². The van der Waals surface area contributed by atoms with E-state index in [1.165, 1.54) is 0 Å². The zero-order valence-electron chi connectivity index (χ0n) is 13.1. The molecule has 114 valence electrons. The van der Waals surface area contributed by atoms with Gasteiger partial charge in [-0.2, -0.15) is 0 Å². The number of pyridine rings is 1. The van der Waals surface area contributed by atoms with Crippen molar-refractivity contribution in [1.29, 1.82) is 0 Å². The maximum absolute atomic E-state index is 12.1. The molecule has 1 aromatic carbocycles. The fraction of sp³-hybridized carbons (Fsp3) is 0.263. The molecule has 0 aliphatic carbocycles. The second kappa shape index (κ2) is 7.55. The Morgan fingerprint density at radius 1 is 1.32 bits per heavy atom. The molecule has 0 spiro atoms. The average molecular weight is 295 g/mol. The number of rotatable bonds is 7. The molecule has 0 saturated heterocycles. The van der Waals surface area contributed by atoms with E-state index in [0.717, 1.165) is 29.7 Å². The van der Waals surface area contributed by atoms with Crippen LogP contribution < -0.4 is 4.74 Å². The number of hydrogen-bond donors (Lipinski definition) is 0. The van der Waals surface area contributed by atoms with Crippen LogP contribution in [0.1, 0.15) is 40.5 Å². The summed E-state index contributed by atoms with van der Waals surface area (Å²) in [6.45, 7) is 7.59. The van der Waals surface area contributed by atoms with Crippen LogP contribution in [0.3, 0.4) is 0 Å². The molecule has 22 heavy (non-hydrogen) atoms. The number of ketones is 1. The summed E-state index contributed by atoms with van der Waals surface area (Å²) in [6, 6.07) is 9.90. The van der Waals surface area contributed by atoms with Crippen molar-refractivity contribution >= 4 is 5.78 Å². The lowest BCUT2D eigenvalue weighted by molar-refractivity contribution is 0.101. The fourth-order valence-corrected chi connectivity index (χ4v) is 2.36. The second-order valence-corrected chi connectivity index (χ2v) is 5.23. The lowest BCUT2D eigenvalue weighted by Crippen LogP contribution is -2.08. The number of hydrogen-bond acceptors (Lipinski definition) is 3. The molecule has 0 unspecified atom stereocenters. The summed E-state index contributed by atoms with van der Waals surface area (Å²) in [5, 5.41) is 0. The van der Waals surface area contributed by atoms with E-state index in [0.29, 0.717) is 17.9 Å². The third-order valence-corrected chi connectivity index (χ3v) is 3.49. The van der Waals surface area contributed by atoms with Gasteiger partial charge in [-0.05, 0) is 37.8 Å².